The minimum absolute atomic E-state index is 0.0382. The molecule has 5 heteroatoms. The third-order valence-corrected chi connectivity index (χ3v) is 5.31. The Balaban J connectivity index is 1.75. The Morgan fingerprint density at radius 2 is 2.26 bits per heavy atom. The molecule has 3 heterocycles. The molecule has 0 radical (unpaired) electrons. The number of hydrogen-bond acceptors (Lipinski definition) is 5. The molecule has 19 heavy (non-hydrogen) atoms. The minimum Gasteiger partial charge on any atom is -0.343 e. The Bertz CT molecular complexity index is 431. The van der Waals surface area contributed by atoms with E-state index in [4.69, 9.17) is 10.7 Å². The Morgan fingerprint density at radius 3 is 3.00 bits per heavy atom. The second kappa shape index (κ2) is 5.38. The van der Waals surface area contributed by atoms with Crippen LogP contribution >= 0.6 is 11.3 Å². The summed E-state index contributed by atoms with van der Waals surface area (Å²) in [6.45, 7) is 7.91. The first-order valence-corrected chi connectivity index (χ1v) is 8.25. The topological polar surface area (TPSA) is 45.4 Å². The van der Waals surface area contributed by atoms with E-state index in [1.165, 1.54) is 32.4 Å². The van der Waals surface area contributed by atoms with Crippen LogP contribution in [-0.2, 0) is 0 Å². The van der Waals surface area contributed by atoms with Gasteiger partial charge in [-0.2, -0.15) is 0 Å². The highest BCUT2D eigenvalue weighted by molar-refractivity contribution is 7.13. The van der Waals surface area contributed by atoms with E-state index in [2.05, 4.69) is 22.1 Å². The summed E-state index contributed by atoms with van der Waals surface area (Å²) in [5, 5.41) is 3.27. The maximum Gasteiger partial charge on any atom is 0.185 e. The highest BCUT2D eigenvalue weighted by atomic mass is 32.1. The van der Waals surface area contributed by atoms with Gasteiger partial charge in [0.25, 0.3) is 0 Å². The van der Waals surface area contributed by atoms with Gasteiger partial charge in [0, 0.05) is 36.6 Å². The number of piperidine rings is 1. The lowest BCUT2D eigenvalue weighted by molar-refractivity contribution is 0.115. The number of hydrogen-bond donors (Lipinski definition) is 1. The molecule has 3 rings (SSSR count). The van der Waals surface area contributed by atoms with Crippen molar-refractivity contribution in [3.05, 3.63) is 11.1 Å². The molecule has 0 bridgehead atoms. The Kier molecular flexibility index (Phi) is 3.78. The zero-order chi connectivity index (χ0) is 13.4. The first kappa shape index (κ1) is 13.3. The number of fused-ring (bicyclic) bond motifs is 1. The number of piperazine rings is 1. The third kappa shape index (κ3) is 2.64. The van der Waals surface area contributed by atoms with E-state index in [0.29, 0.717) is 6.04 Å². The van der Waals surface area contributed by atoms with Crippen LogP contribution < -0.4 is 10.6 Å². The summed E-state index contributed by atoms with van der Waals surface area (Å²) in [5.41, 5.74) is 6.94. The van der Waals surface area contributed by atoms with Crippen LogP contribution in [0.5, 0.6) is 0 Å². The average Bonchev–Trinajstić information content (AvgIpc) is 2.87. The van der Waals surface area contributed by atoms with Crippen molar-refractivity contribution in [2.24, 2.45) is 5.73 Å². The molecule has 106 valence electrons. The van der Waals surface area contributed by atoms with Gasteiger partial charge in [-0.3, -0.25) is 4.90 Å². The van der Waals surface area contributed by atoms with Gasteiger partial charge in [-0.25, -0.2) is 4.98 Å². The monoisotopic (exact) mass is 280 g/mol. The molecule has 2 aliphatic rings. The summed E-state index contributed by atoms with van der Waals surface area (Å²) in [7, 11) is 0. The van der Waals surface area contributed by atoms with Crippen molar-refractivity contribution >= 4 is 16.5 Å². The number of anilines is 1. The Labute approximate surface area is 119 Å². The van der Waals surface area contributed by atoms with Gasteiger partial charge in [-0.15, -0.1) is 11.3 Å². The molecular weight excluding hydrogens is 256 g/mol. The standard InChI is InChI=1S/C14H24N4S/c1-10-7-17-6-4-3-5-12(17)8-18(10)14-16-13(9-19-14)11(2)15/h9-12H,3-8,15H2,1-2H3. The summed E-state index contributed by atoms with van der Waals surface area (Å²) in [5.74, 6) is 0. The van der Waals surface area contributed by atoms with Gasteiger partial charge >= 0.3 is 0 Å². The van der Waals surface area contributed by atoms with Crippen molar-refractivity contribution in [1.29, 1.82) is 0 Å². The van der Waals surface area contributed by atoms with Gasteiger partial charge < -0.3 is 10.6 Å². The molecule has 3 unspecified atom stereocenters. The fourth-order valence-electron chi connectivity index (χ4n) is 3.24. The van der Waals surface area contributed by atoms with E-state index in [0.717, 1.165) is 23.4 Å². The summed E-state index contributed by atoms with van der Waals surface area (Å²) >= 11 is 1.74. The van der Waals surface area contributed by atoms with E-state index in [1.54, 1.807) is 11.3 Å². The maximum atomic E-state index is 5.91. The van der Waals surface area contributed by atoms with E-state index in [-0.39, 0.29) is 6.04 Å². The van der Waals surface area contributed by atoms with Gasteiger partial charge in [0.2, 0.25) is 0 Å². The van der Waals surface area contributed by atoms with Gasteiger partial charge in [-0.1, -0.05) is 6.42 Å². The highest BCUT2D eigenvalue weighted by Gasteiger charge is 2.34. The zero-order valence-corrected chi connectivity index (χ0v) is 12.7. The molecule has 2 fully saturated rings. The number of aromatic nitrogens is 1. The first-order valence-electron chi connectivity index (χ1n) is 7.37. The Hall–Kier alpha value is -0.650. The normalized spacial score (nSPS) is 30.2. The predicted molar refractivity (Wildman–Crippen MR) is 80.7 cm³/mol. The van der Waals surface area contributed by atoms with E-state index in [1.807, 2.05) is 6.92 Å². The van der Waals surface area contributed by atoms with Crippen LogP contribution in [0.15, 0.2) is 5.38 Å². The molecule has 0 saturated carbocycles. The van der Waals surface area contributed by atoms with E-state index >= 15 is 0 Å². The van der Waals surface area contributed by atoms with Crippen molar-refractivity contribution in [1.82, 2.24) is 9.88 Å². The van der Waals surface area contributed by atoms with Crippen LogP contribution in [0.4, 0.5) is 5.13 Å². The van der Waals surface area contributed by atoms with Crippen molar-refractivity contribution in [2.75, 3.05) is 24.5 Å². The van der Waals surface area contributed by atoms with Crippen LogP contribution in [0.3, 0.4) is 0 Å². The van der Waals surface area contributed by atoms with Gasteiger partial charge in [0.1, 0.15) is 0 Å². The van der Waals surface area contributed by atoms with Gasteiger partial charge in [0.05, 0.1) is 5.69 Å². The average molecular weight is 280 g/mol. The second-order valence-electron chi connectivity index (χ2n) is 5.99. The van der Waals surface area contributed by atoms with Gasteiger partial charge in [-0.05, 0) is 33.2 Å². The zero-order valence-electron chi connectivity index (χ0n) is 11.9. The molecule has 2 N–H and O–H groups in total. The lowest BCUT2D eigenvalue weighted by atomic mass is 9.97. The smallest absolute Gasteiger partial charge is 0.185 e. The van der Waals surface area contributed by atoms with Crippen molar-refractivity contribution in [3.8, 4) is 0 Å². The lowest BCUT2D eigenvalue weighted by Gasteiger charge is -2.47. The van der Waals surface area contributed by atoms with Gasteiger partial charge in [0.15, 0.2) is 5.13 Å². The van der Waals surface area contributed by atoms with Crippen LogP contribution in [0.1, 0.15) is 44.8 Å². The molecule has 0 aliphatic carbocycles. The summed E-state index contributed by atoms with van der Waals surface area (Å²) in [6, 6.07) is 1.32. The summed E-state index contributed by atoms with van der Waals surface area (Å²) in [6.07, 6.45) is 4.09. The molecule has 0 aromatic carbocycles. The SMILES string of the molecule is CC(N)c1csc(N2CC3CCCCN3CC2C)n1. The number of nitrogens with two attached hydrogens (primary N) is 1. The molecule has 2 saturated heterocycles. The molecule has 1 aromatic rings. The Morgan fingerprint density at radius 1 is 1.42 bits per heavy atom. The van der Waals surface area contributed by atoms with Crippen LogP contribution in [0.2, 0.25) is 0 Å². The molecular formula is C14H24N4S. The second-order valence-corrected chi connectivity index (χ2v) is 6.83. The summed E-state index contributed by atoms with van der Waals surface area (Å²) < 4.78 is 0. The molecule has 0 amide bonds. The van der Waals surface area contributed by atoms with Crippen molar-refractivity contribution in [3.63, 3.8) is 0 Å². The predicted octanol–water partition coefficient (Wildman–Crippen LogP) is 2.23. The number of nitrogens with zero attached hydrogens (tertiary/aromatic N) is 3. The van der Waals surface area contributed by atoms with E-state index in [9.17, 15) is 0 Å². The molecule has 1 aromatic heterocycles. The van der Waals surface area contributed by atoms with Crippen molar-refractivity contribution in [2.45, 2.75) is 51.2 Å². The summed E-state index contributed by atoms with van der Waals surface area (Å²) in [4.78, 5) is 9.88. The van der Waals surface area contributed by atoms with E-state index < -0.39 is 0 Å². The number of rotatable bonds is 2. The fraction of sp³-hybridized carbons (Fsp3) is 0.786. The molecule has 2 aliphatic heterocycles. The fourth-order valence-corrected chi connectivity index (χ4v) is 4.28. The molecule has 3 atom stereocenters. The third-order valence-electron chi connectivity index (χ3n) is 4.41. The van der Waals surface area contributed by atoms with Crippen LogP contribution in [-0.4, -0.2) is 41.6 Å². The molecule has 4 nitrogen and oxygen atoms in total. The van der Waals surface area contributed by atoms with Crippen LogP contribution in [0.25, 0.3) is 0 Å². The highest BCUT2D eigenvalue weighted by Crippen LogP contribution is 2.30. The largest absolute Gasteiger partial charge is 0.343 e. The lowest BCUT2D eigenvalue weighted by Crippen LogP contribution is -2.58. The first-order chi connectivity index (χ1) is 9.15. The maximum absolute atomic E-state index is 5.91. The van der Waals surface area contributed by atoms with Crippen molar-refractivity contribution < 1.29 is 0 Å². The number of thiazole rings is 1. The minimum atomic E-state index is 0.0382. The van der Waals surface area contributed by atoms with Crippen LogP contribution in [0, 0.1) is 0 Å². The quantitative estimate of drug-likeness (QED) is 0.902. The molecule has 0 spiro atoms.